The Morgan fingerprint density at radius 2 is 2.19 bits per heavy atom. The average Bonchev–Trinajstić information content (AvgIpc) is 2.54. The Balaban J connectivity index is 1.92. The van der Waals surface area contributed by atoms with Crippen LogP contribution >= 0.6 is 11.8 Å². The van der Waals surface area contributed by atoms with E-state index in [1.807, 2.05) is 11.8 Å². The van der Waals surface area contributed by atoms with Gasteiger partial charge in [-0.25, -0.2) is 0 Å². The first-order valence-electron chi connectivity index (χ1n) is 8.18. The van der Waals surface area contributed by atoms with E-state index in [2.05, 4.69) is 30.0 Å². The van der Waals surface area contributed by atoms with Crippen LogP contribution in [0.4, 0.5) is 5.69 Å². The number of nitrogens with two attached hydrogens (primary N) is 1. The summed E-state index contributed by atoms with van der Waals surface area (Å²) in [7, 11) is 0. The van der Waals surface area contributed by atoms with Crippen LogP contribution in [0.3, 0.4) is 0 Å². The van der Waals surface area contributed by atoms with Gasteiger partial charge >= 0.3 is 0 Å². The van der Waals surface area contributed by atoms with Crippen LogP contribution in [-0.2, 0) is 11.3 Å². The highest BCUT2D eigenvalue weighted by Gasteiger charge is 2.35. The number of rotatable bonds is 4. The summed E-state index contributed by atoms with van der Waals surface area (Å²) in [6.07, 6.45) is 5.51. The first kappa shape index (κ1) is 15.2. The molecule has 2 atom stereocenters. The zero-order valence-corrected chi connectivity index (χ0v) is 13.7. The van der Waals surface area contributed by atoms with Crippen LogP contribution in [-0.4, -0.2) is 31.1 Å². The summed E-state index contributed by atoms with van der Waals surface area (Å²) < 4.78 is 6.01. The van der Waals surface area contributed by atoms with Crippen molar-refractivity contribution in [1.29, 1.82) is 0 Å². The van der Waals surface area contributed by atoms with Gasteiger partial charge in [-0.05, 0) is 30.7 Å². The van der Waals surface area contributed by atoms with Crippen LogP contribution in [0.15, 0.2) is 23.1 Å². The second kappa shape index (κ2) is 7.03. The lowest BCUT2D eigenvalue weighted by molar-refractivity contribution is -0.00875. The van der Waals surface area contributed by atoms with Crippen molar-refractivity contribution in [3.05, 3.63) is 23.8 Å². The van der Waals surface area contributed by atoms with Crippen molar-refractivity contribution in [3.63, 3.8) is 0 Å². The number of ether oxygens (including phenoxy) is 1. The maximum Gasteiger partial charge on any atom is 0.0779 e. The second-order valence-corrected chi connectivity index (χ2v) is 7.15. The van der Waals surface area contributed by atoms with Gasteiger partial charge in [-0.15, -0.1) is 11.8 Å². The smallest absolute Gasteiger partial charge is 0.0779 e. The quantitative estimate of drug-likeness (QED) is 0.865. The largest absolute Gasteiger partial charge is 0.374 e. The molecule has 116 valence electrons. The van der Waals surface area contributed by atoms with Crippen molar-refractivity contribution < 1.29 is 4.74 Å². The molecule has 1 aliphatic heterocycles. The van der Waals surface area contributed by atoms with Crippen molar-refractivity contribution in [1.82, 2.24) is 0 Å². The Kier molecular flexibility index (Phi) is 5.09. The summed E-state index contributed by atoms with van der Waals surface area (Å²) in [5, 5.41) is 0. The van der Waals surface area contributed by atoms with Gasteiger partial charge in [0.15, 0.2) is 0 Å². The molecule has 1 aromatic rings. The standard InChI is InChI=1S/C17H26N2OS/c1-2-21-17-9-5-7-14(13(17)12-18)19-10-11-20-16-8-4-3-6-15(16)19/h5,7,9,15-16H,2-4,6,8,10-12,18H2,1H3. The molecule has 1 aromatic carbocycles. The number of fused-ring (bicyclic) bond motifs is 1. The number of thioether (sulfide) groups is 1. The highest BCUT2D eigenvalue weighted by Crippen LogP contribution is 2.36. The van der Waals surface area contributed by atoms with Crippen LogP contribution in [0, 0.1) is 0 Å². The molecule has 2 fully saturated rings. The normalized spacial score (nSPS) is 25.7. The fourth-order valence-corrected chi connectivity index (χ4v) is 4.56. The van der Waals surface area contributed by atoms with E-state index in [4.69, 9.17) is 10.5 Å². The Labute approximate surface area is 132 Å². The van der Waals surface area contributed by atoms with Crippen molar-refractivity contribution in [3.8, 4) is 0 Å². The van der Waals surface area contributed by atoms with Gasteiger partial charge in [0.2, 0.25) is 0 Å². The number of morpholine rings is 1. The molecule has 0 spiro atoms. The van der Waals surface area contributed by atoms with Crippen LogP contribution < -0.4 is 10.6 Å². The first-order valence-corrected chi connectivity index (χ1v) is 9.16. The predicted molar refractivity (Wildman–Crippen MR) is 90.1 cm³/mol. The van der Waals surface area contributed by atoms with E-state index >= 15 is 0 Å². The zero-order chi connectivity index (χ0) is 14.7. The molecule has 0 bridgehead atoms. The van der Waals surface area contributed by atoms with Crippen molar-refractivity contribution in [2.45, 2.75) is 56.2 Å². The average molecular weight is 306 g/mol. The number of nitrogens with zero attached hydrogens (tertiary/aromatic N) is 1. The molecule has 3 nitrogen and oxygen atoms in total. The lowest BCUT2D eigenvalue weighted by atomic mass is 9.89. The Morgan fingerprint density at radius 3 is 3.00 bits per heavy atom. The van der Waals surface area contributed by atoms with Crippen LogP contribution in [0.25, 0.3) is 0 Å². The van der Waals surface area contributed by atoms with Gasteiger partial charge in [0.1, 0.15) is 0 Å². The van der Waals surface area contributed by atoms with Gasteiger partial charge < -0.3 is 15.4 Å². The van der Waals surface area contributed by atoms with Crippen LogP contribution in [0.5, 0.6) is 0 Å². The summed E-state index contributed by atoms with van der Waals surface area (Å²) in [5.74, 6) is 1.09. The van der Waals surface area contributed by atoms with Gasteiger partial charge in [-0.2, -0.15) is 0 Å². The molecular weight excluding hydrogens is 280 g/mol. The molecule has 1 aliphatic carbocycles. The maximum absolute atomic E-state index is 6.09. The minimum Gasteiger partial charge on any atom is -0.374 e. The van der Waals surface area contributed by atoms with Crippen molar-refractivity contribution >= 4 is 17.4 Å². The summed E-state index contributed by atoms with van der Waals surface area (Å²) in [4.78, 5) is 3.92. The van der Waals surface area contributed by atoms with Crippen molar-refractivity contribution in [2.75, 3.05) is 23.8 Å². The summed E-state index contributed by atoms with van der Waals surface area (Å²) >= 11 is 1.90. The van der Waals surface area contributed by atoms with E-state index in [0.717, 1.165) is 18.9 Å². The molecule has 1 saturated heterocycles. The van der Waals surface area contributed by atoms with E-state index in [9.17, 15) is 0 Å². The molecule has 0 radical (unpaired) electrons. The number of hydrogen-bond acceptors (Lipinski definition) is 4. The zero-order valence-electron chi connectivity index (χ0n) is 12.9. The molecule has 3 rings (SSSR count). The van der Waals surface area contributed by atoms with Gasteiger partial charge in [0.25, 0.3) is 0 Å². The minimum absolute atomic E-state index is 0.417. The van der Waals surface area contributed by atoms with Crippen molar-refractivity contribution in [2.24, 2.45) is 5.73 Å². The Bertz CT molecular complexity index is 478. The fourth-order valence-electron chi connectivity index (χ4n) is 3.71. The molecular formula is C17H26N2OS. The van der Waals surface area contributed by atoms with E-state index in [1.54, 1.807) is 0 Å². The monoisotopic (exact) mass is 306 g/mol. The number of hydrogen-bond donors (Lipinski definition) is 1. The van der Waals surface area contributed by atoms with E-state index in [1.165, 1.54) is 41.8 Å². The molecule has 2 unspecified atom stereocenters. The predicted octanol–water partition coefficient (Wildman–Crippen LogP) is 3.41. The summed E-state index contributed by atoms with van der Waals surface area (Å²) in [6.45, 7) is 4.65. The van der Waals surface area contributed by atoms with Gasteiger partial charge in [-0.1, -0.05) is 25.8 Å². The molecule has 0 amide bonds. The molecule has 1 saturated carbocycles. The van der Waals surface area contributed by atoms with Crippen LogP contribution in [0.1, 0.15) is 38.2 Å². The van der Waals surface area contributed by atoms with E-state index in [-0.39, 0.29) is 0 Å². The topological polar surface area (TPSA) is 38.5 Å². The van der Waals surface area contributed by atoms with Gasteiger partial charge in [-0.3, -0.25) is 0 Å². The highest BCUT2D eigenvalue weighted by atomic mass is 32.2. The number of anilines is 1. The molecule has 21 heavy (non-hydrogen) atoms. The molecule has 1 heterocycles. The first-order chi connectivity index (χ1) is 10.3. The molecule has 0 aromatic heterocycles. The van der Waals surface area contributed by atoms with Gasteiger partial charge in [0.05, 0.1) is 18.8 Å². The molecule has 2 N–H and O–H groups in total. The summed E-state index contributed by atoms with van der Waals surface area (Å²) in [6, 6.07) is 7.18. The molecule has 4 heteroatoms. The maximum atomic E-state index is 6.09. The van der Waals surface area contributed by atoms with Crippen LogP contribution in [0.2, 0.25) is 0 Å². The third kappa shape index (κ3) is 3.08. The Hall–Kier alpha value is -0.710. The minimum atomic E-state index is 0.417. The highest BCUT2D eigenvalue weighted by molar-refractivity contribution is 7.99. The number of benzene rings is 1. The summed E-state index contributed by atoms with van der Waals surface area (Å²) in [5.41, 5.74) is 8.74. The third-order valence-corrected chi connectivity index (χ3v) is 5.64. The van der Waals surface area contributed by atoms with E-state index in [0.29, 0.717) is 18.7 Å². The Morgan fingerprint density at radius 1 is 1.33 bits per heavy atom. The SMILES string of the molecule is CCSc1cccc(N2CCOC3CCCCC32)c1CN. The fraction of sp³-hybridized carbons (Fsp3) is 0.647. The van der Waals surface area contributed by atoms with E-state index < -0.39 is 0 Å². The lowest BCUT2D eigenvalue weighted by Gasteiger charge is -2.45. The lowest BCUT2D eigenvalue weighted by Crippen LogP contribution is -2.53. The third-order valence-electron chi connectivity index (χ3n) is 4.65. The molecule has 2 aliphatic rings. The van der Waals surface area contributed by atoms with Gasteiger partial charge in [0, 0.05) is 29.2 Å². The second-order valence-electron chi connectivity index (χ2n) is 5.85.